The number of ether oxygens (including phenoxy) is 1. The SMILES string of the molecule is CC(NC(=O)COc1ccccc1F)c1ccc(C#N)cc1. The summed E-state index contributed by atoms with van der Waals surface area (Å²) in [7, 11) is 0. The highest BCUT2D eigenvalue weighted by atomic mass is 19.1. The molecule has 0 saturated carbocycles. The number of carbonyl (C=O) groups excluding carboxylic acids is 1. The van der Waals surface area contributed by atoms with Gasteiger partial charge in [-0.25, -0.2) is 4.39 Å². The van der Waals surface area contributed by atoms with Crippen molar-refractivity contribution in [1.29, 1.82) is 5.26 Å². The fourth-order valence-electron chi connectivity index (χ4n) is 1.92. The van der Waals surface area contributed by atoms with E-state index in [0.29, 0.717) is 5.56 Å². The fourth-order valence-corrected chi connectivity index (χ4v) is 1.92. The Labute approximate surface area is 128 Å². The summed E-state index contributed by atoms with van der Waals surface area (Å²) in [5.41, 5.74) is 1.43. The van der Waals surface area contributed by atoms with Gasteiger partial charge in [-0.2, -0.15) is 5.26 Å². The van der Waals surface area contributed by atoms with Gasteiger partial charge in [0.25, 0.3) is 5.91 Å². The molecule has 0 spiro atoms. The lowest BCUT2D eigenvalue weighted by Crippen LogP contribution is -2.31. The van der Waals surface area contributed by atoms with E-state index in [0.717, 1.165) is 5.56 Å². The van der Waals surface area contributed by atoms with Crippen LogP contribution < -0.4 is 10.1 Å². The first-order chi connectivity index (χ1) is 10.6. The number of hydrogen-bond donors (Lipinski definition) is 1. The molecule has 0 aromatic heterocycles. The van der Waals surface area contributed by atoms with E-state index in [1.807, 2.05) is 13.0 Å². The summed E-state index contributed by atoms with van der Waals surface area (Å²) in [5, 5.41) is 11.5. The van der Waals surface area contributed by atoms with E-state index >= 15 is 0 Å². The molecule has 22 heavy (non-hydrogen) atoms. The predicted octanol–water partition coefficient (Wildman–Crippen LogP) is 2.95. The van der Waals surface area contributed by atoms with Gasteiger partial charge < -0.3 is 10.1 Å². The Morgan fingerprint density at radius 2 is 1.95 bits per heavy atom. The highest BCUT2D eigenvalue weighted by molar-refractivity contribution is 5.78. The van der Waals surface area contributed by atoms with Crippen molar-refractivity contribution in [1.82, 2.24) is 5.32 Å². The third kappa shape index (κ3) is 4.06. The Kier molecular flexibility index (Phi) is 5.10. The Bertz CT molecular complexity index is 693. The number of rotatable bonds is 5. The molecule has 0 aliphatic heterocycles. The maximum Gasteiger partial charge on any atom is 0.258 e. The van der Waals surface area contributed by atoms with Crippen LogP contribution in [0.15, 0.2) is 48.5 Å². The molecule has 2 aromatic rings. The van der Waals surface area contributed by atoms with Crippen LogP contribution in [0.5, 0.6) is 5.75 Å². The van der Waals surface area contributed by atoms with Crippen molar-refractivity contribution in [2.24, 2.45) is 0 Å². The van der Waals surface area contributed by atoms with Crippen molar-refractivity contribution in [3.63, 3.8) is 0 Å². The average molecular weight is 298 g/mol. The lowest BCUT2D eigenvalue weighted by atomic mass is 10.1. The normalized spacial score (nSPS) is 11.3. The molecule has 0 aliphatic carbocycles. The highest BCUT2D eigenvalue weighted by Gasteiger charge is 2.11. The number of amides is 1. The number of hydrogen-bond acceptors (Lipinski definition) is 3. The number of carbonyl (C=O) groups is 1. The quantitative estimate of drug-likeness (QED) is 0.923. The second-order valence-electron chi connectivity index (χ2n) is 4.74. The van der Waals surface area contributed by atoms with E-state index < -0.39 is 5.82 Å². The fraction of sp³-hybridized carbons (Fsp3) is 0.176. The lowest BCUT2D eigenvalue weighted by molar-refractivity contribution is -0.123. The van der Waals surface area contributed by atoms with E-state index in [9.17, 15) is 9.18 Å². The van der Waals surface area contributed by atoms with Gasteiger partial charge in [0.1, 0.15) is 0 Å². The molecule has 1 amide bonds. The topological polar surface area (TPSA) is 62.1 Å². The molecule has 0 fully saturated rings. The molecular weight excluding hydrogens is 283 g/mol. The highest BCUT2D eigenvalue weighted by Crippen LogP contribution is 2.16. The molecule has 0 radical (unpaired) electrons. The van der Waals surface area contributed by atoms with Gasteiger partial charge in [-0.1, -0.05) is 24.3 Å². The van der Waals surface area contributed by atoms with Crippen LogP contribution in [0.1, 0.15) is 24.1 Å². The Morgan fingerprint density at radius 3 is 2.59 bits per heavy atom. The second kappa shape index (κ2) is 7.23. The van der Waals surface area contributed by atoms with E-state index in [1.54, 1.807) is 36.4 Å². The molecule has 0 heterocycles. The van der Waals surface area contributed by atoms with E-state index in [1.165, 1.54) is 12.1 Å². The molecule has 2 aromatic carbocycles. The van der Waals surface area contributed by atoms with E-state index in [4.69, 9.17) is 10.00 Å². The molecule has 1 atom stereocenters. The van der Waals surface area contributed by atoms with Crippen molar-refractivity contribution in [3.05, 3.63) is 65.5 Å². The maximum absolute atomic E-state index is 13.4. The number of nitrogens with one attached hydrogen (secondary N) is 1. The largest absolute Gasteiger partial charge is 0.481 e. The Morgan fingerprint density at radius 1 is 1.27 bits per heavy atom. The van der Waals surface area contributed by atoms with Crippen molar-refractivity contribution < 1.29 is 13.9 Å². The van der Waals surface area contributed by atoms with Crippen LogP contribution in [-0.4, -0.2) is 12.5 Å². The second-order valence-corrected chi connectivity index (χ2v) is 4.74. The van der Waals surface area contributed by atoms with Crippen LogP contribution in [0.4, 0.5) is 4.39 Å². The third-order valence-corrected chi connectivity index (χ3v) is 3.11. The van der Waals surface area contributed by atoms with E-state index in [2.05, 4.69) is 5.32 Å². The molecule has 2 rings (SSSR count). The number of nitrogens with zero attached hydrogens (tertiary/aromatic N) is 1. The van der Waals surface area contributed by atoms with Gasteiger partial charge in [-0.15, -0.1) is 0 Å². The lowest BCUT2D eigenvalue weighted by Gasteiger charge is -2.15. The summed E-state index contributed by atoms with van der Waals surface area (Å²) in [6.45, 7) is 1.56. The van der Waals surface area contributed by atoms with Crippen LogP contribution in [0.2, 0.25) is 0 Å². The number of nitriles is 1. The molecule has 5 heteroatoms. The van der Waals surface area contributed by atoms with Crippen LogP contribution >= 0.6 is 0 Å². The number of halogens is 1. The minimum Gasteiger partial charge on any atom is -0.481 e. The summed E-state index contributed by atoms with van der Waals surface area (Å²) >= 11 is 0. The number of para-hydroxylation sites is 1. The van der Waals surface area contributed by atoms with Crippen LogP contribution in [0.25, 0.3) is 0 Å². The smallest absolute Gasteiger partial charge is 0.258 e. The molecule has 0 aliphatic rings. The molecule has 112 valence electrons. The maximum atomic E-state index is 13.4. The first-order valence-electron chi connectivity index (χ1n) is 6.77. The minimum atomic E-state index is -0.504. The van der Waals surface area contributed by atoms with Gasteiger partial charge in [0.05, 0.1) is 17.7 Å². The van der Waals surface area contributed by atoms with E-state index in [-0.39, 0.29) is 24.3 Å². The molecule has 0 saturated heterocycles. The third-order valence-electron chi connectivity index (χ3n) is 3.11. The van der Waals surface area contributed by atoms with Gasteiger partial charge in [-0.05, 0) is 36.8 Å². The van der Waals surface area contributed by atoms with Crippen LogP contribution in [0, 0.1) is 17.1 Å². The summed E-state index contributed by atoms with van der Waals surface area (Å²) in [6.07, 6.45) is 0. The first-order valence-corrected chi connectivity index (χ1v) is 6.77. The average Bonchev–Trinajstić information content (AvgIpc) is 2.54. The van der Waals surface area contributed by atoms with Crippen molar-refractivity contribution in [2.45, 2.75) is 13.0 Å². The van der Waals surface area contributed by atoms with Gasteiger partial charge in [-0.3, -0.25) is 4.79 Å². The summed E-state index contributed by atoms with van der Waals surface area (Å²) in [4.78, 5) is 11.8. The molecule has 1 unspecified atom stereocenters. The zero-order valence-corrected chi connectivity index (χ0v) is 12.0. The monoisotopic (exact) mass is 298 g/mol. The predicted molar refractivity (Wildman–Crippen MR) is 79.6 cm³/mol. The zero-order valence-electron chi connectivity index (χ0n) is 12.0. The Hall–Kier alpha value is -2.87. The summed E-state index contributed by atoms with van der Waals surface area (Å²) < 4.78 is 18.5. The van der Waals surface area contributed by atoms with Gasteiger partial charge in [0.2, 0.25) is 0 Å². The van der Waals surface area contributed by atoms with Crippen molar-refractivity contribution in [3.8, 4) is 11.8 Å². The minimum absolute atomic E-state index is 0.0451. The first kappa shape index (κ1) is 15.5. The molecule has 1 N–H and O–H groups in total. The van der Waals surface area contributed by atoms with Gasteiger partial charge in [0.15, 0.2) is 18.2 Å². The zero-order chi connectivity index (χ0) is 15.9. The molecular formula is C17H15FN2O2. The van der Waals surface area contributed by atoms with Crippen molar-refractivity contribution >= 4 is 5.91 Å². The Balaban J connectivity index is 1.88. The standard InChI is InChI=1S/C17H15FN2O2/c1-12(14-8-6-13(10-19)7-9-14)20-17(21)11-22-16-5-3-2-4-15(16)18/h2-9,12H,11H2,1H3,(H,20,21). The van der Waals surface area contributed by atoms with Crippen LogP contribution in [-0.2, 0) is 4.79 Å². The molecule has 4 nitrogen and oxygen atoms in total. The van der Waals surface area contributed by atoms with Crippen LogP contribution in [0.3, 0.4) is 0 Å². The van der Waals surface area contributed by atoms with Gasteiger partial charge >= 0.3 is 0 Å². The summed E-state index contributed by atoms with van der Waals surface area (Å²) in [6, 6.07) is 14.7. The summed E-state index contributed by atoms with van der Waals surface area (Å²) in [5.74, 6) is -0.806. The number of benzene rings is 2. The molecule has 0 bridgehead atoms. The van der Waals surface area contributed by atoms with Crippen molar-refractivity contribution in [2.75, 3.05) is 6.61 Å². The van der Waals surface area contributed by atoms with Gasteiger partial charge in [0, 0.05) is 0 Å².